The predicted octanol–water partition coefficient (Wildman–Crippen LogP) is 3.01. The molecule has 12 heteroatoms. The zero-order valence-electron chi connectivity index (χ0n) is 16.7. The fourth-order valence-electron chi connectivity index (χ4n) is 3.31. The van der Waals surface area contributed by atoms with Crippen LogP contribution in [-0.2, 0) is 4.79 Å². The normalized spacial score (nSPS) is 13.0. The van der Waals surface area contributed by atoms with Crippen LogP contribution in [0.25, 0.3) is 10.9 Å². The highest BCUT2D eigenvalue weighted by molar-refractivity contribution is 7.19. The zero-order chi connectivity index (χ0) is 22.9. The lowest BCUT2D eigenvalue weighted by Crippen LogP contribution is -2.20. The second-order valence-corrected chi connectivity index (χ2v) is 7.91. The Morgan fingerprint density at radius 3 is 2.73 bits per heavy atom. The Balaban J connectivity index is 1.33. The van der Waals surface area contributed by atoms with E-state index in [0.29, 0.717) is 28.0 Å². The third kappa shape index (κ3) is 3.94. The first-order valence-electron chi connectivity index (χ1n) is 9.60. The number of anilines is 2. The average Bonchev–Trinajstić information content (AvgIpc) is 3.46. The van der Waals surface area contributed by atoms with E-state index in [9.17, 15) is 19.8 Å². The van der Waals surface area contributed by atoms with Crippen LogP contribution in [-0.4, -0.2) is 44.1 Å². The average molecular weight is 465 g/mol. The highest BCUT2D eigenvalue weighted by Crippen LogP contribution is 2.35. The number of nitrogens with one attached hydrogen (secondary N) is 2. The standard InChI is InChI=1S/C21H15N5O6S/c27-17-12(5-3-10-2-1-7-22-15(10)17)18(28)24-21-26-25-20(33-21)23-16(19(29)30)11-4-6-13-14(8-11)32-9-31-13/h1-8,16,27H,9H2,(H,23,25)(H,29,30)(H,24,26,28). The summed E-state index contributed by atoms with van der Waals surface area (Å²) in [5.41, 5.74) is 0.758. The number of hydrogen-bond acceptors (Lipinski definition) is 10. The van der Waals surface area contributed by atoms with Gasteiger partial charge in [0.05, 0.1) is 5.56 Å². The number of benzene rings is 2. The summed E-state index contributed by atoms with van der Waals surface area (Å²) in [5, 5.41) is 34.2. The summed E-state index contributed by atoms with van der Waals surface area (Å²) >= 11 is 0.949. The molecule has 1 aliphatic rings. The molecule has 1 unspecified atom stereocenters. The van der Waals surface area contributed by atoms with Crippen LogP contribution in [0.3, 0.4) is 0 Å². The number of aliphatic carboxylic acids is 1. The third-order valence-electron chi connectivity index (χ3n) is 4.88. The molecule has 0 saturated heterocycles. The number of carbonyl (C=O) groups is 2. The lowest BCUT2D eigenvalue weighted by molar-refractivity contribution is -0.138. The van der Waals surface area contributed by atoms with E-state index in [-0.39, 0.29) is 28.4 Å². The molecule has 4 N–H and O–H groups in total. The van der Waals surface area contributed by atoms with Crippen LogP contribution in [0.15, 0.2) is 48.7 Å². The van der Waals surface area contributed by atoms with Crippen molar-refractivity contribution in [2.45, 2.75) is 6.04 Å². The Bertz CT molecular complexity index is 1390. The molecule has 1 aliphatic heterocycles. The van der Waals surface area contributed by atoms with Gasteiger partial charge in [0.1, 0.15) is 5.52 Å². The van der Waals surface area contributed by atoms with Crippen LogP contribution in [0.4, 0.5) is 10.3 Å². The SMILES string of the molecule is O=C(Nc1nnc(NC(C(=O)O)c2ccc3c(c2)OCO3)s1)c1ccc2cccnc2c1O. The molecule has 0 saturated carbocycles. The van der Waals surface area contributed by atoms with Crippen LogP contribution >= 0.6 is 11.3 Å². The number of aromatic nitrogens is 3. The van der Waals surface area contributed by atoms with Gasteiger partial charge in [-0.15, -0.1) is 10.2 Å². The smallest absolute Gasteiger partial charge is 0.330 e. The van der Waals surface area contributed by atoms with Crippen molar-refractivity contribution < 1.29 is 29.3 Å². The Kier molecular flexibility index (Phi) is 5.11. The van der Waals surface area contributed by atoms with Gasteiger partial charge in [-0.25, -0.2) is 4.79 Å². The van der Waals surface area contributed by atoms with Crippen molar-refractivity contribution >= 4 is 44.4 Å². The van der Waals surface area contributed by atoms with Gasteiger partial charge in [0.25, 0.3) is 5.91 Å². The highest BCUT2D eigenvalue weighted by Gasteiger charge is 2.25. The Labute approximate surface area is 189 Å². The van der Waals surface area contributed by atoms with Gasteiger partial charge in [-0.2, -0.15) is 0 Å². The zero-order valence-corrected chi connectivity index (χ0v) is 17.5. The van der Waals surface area contributed by atoms with E-state index in [2.05, 4.69) is 25.8 Å². The molecule has 0 aliphatic carbocycles. The van der Waals surface area contributed by atoms with Crippen molar-refractivity contribution in [1.82, 2.24) is 15.2 Å². The lowest BCUT2D eigenvalue weighted by Gasteiger charge is -2.14. The number of rotatable bonds is 6. The lowest BCUT2D eigenvalue weighted by atomic mass is 10.1. The van der Waals surface area contributed by atoms with Crippen molar-refractivity contribution in [3.05, 3.63) is 59.8 Å². The number of fused-ring (bicyclic) bond motifs is 2. The largest absolute Gasteiger partial charge is 0.505 e. The molecule has 0 bridgehead atoms. The molecule has 2 aromatic carbocycles. The first-order valence-corrected chi connectivity index (χ1v) is 10.4. The van der Waals surface area contributed by atoms with Gasteiger partial charge in [-0.05, 0) is 29.8 Å². The number of carboxylic acids is 1. The predicted molar refractivity (Wildman–Crippen MR) is 118 cm³/mol. The molecule has 0 spiro atoms. The number of nitrogens with zero attached hydrogens (tertiary/aromatic N) is 3. The number of phenols is 1. The number of pyridine rings is 1. The molecule has 3 heterocycles. The molecule has 33 heavy (non-hydrogen) atoms. The summed E-state index contributed by atoms with van der Waals surface area (Å²) in [6, 6.07) is 10.3. The molecule has 2 aromatic heterocycles. The first-order chi connectivity index (χ1) is 16.0. The first kappa shape index (κ1) is 20.5. The molecule has 0 fully saturated rings. The maximum absolute atomic E-state index is 12.6. The third-order valence-corrected chi connectivity index (χ3v) is 5.65. The number of aromatic hydroxyl groups is 1. The molecule has 1 amide bonds. The highest BCUT2D eigenvalue weighted by atomic mass is 32.1. The Hall–Kier alpha value is -4.45. The van der Waals surface area contributed by atoms with Crippen LogP contribution < -0.4 is 20.1 Å². The van der Waals surface area contributed by atoms with E-state index in [1.54, 1.807) is 36.4 Å². The minimum absolute atomic E-state index is 0.0229. The molecule has 0 radical (unpaired) electrons. The Morgan fingerprint density at radius 2 is 1.88 bits per heavy atom. The van der Waals surface area contributed by atoms with E-state index in [0.717, 1.165) is 11.3 Å². The summed E-state index contributed by atoms with van der Waals surface area (Å²) in [7, 11) is 0. The van der Waals surface area contributed by atoms with E-state index >= 15 is 0 Å². The second kappa shape index (κ2) is 8.24. The molecule has 1 atom stereocenters. The number of carboxylic acid groups (broad SMARTS) is 1. The van der Waals surface area contributed by atoms with Crippen LogP contribution in [0.2, 0.25) is 0 Å². The number of carbonyl (C=O) groups excluding carboxylic acids is 1. The number of amides is 1. The Morgan fingerprint density at radius 1 is 1.06 bits per heavy atom. The van der Waals surface area contributed by atoms with Crippen molar-refractivity contribution in [2.75, 3.05) is 17.4 Å². The number of phenolic OH excluding ortho intramolecular Hbond substituents is 1. The van der Waals surface area contributed by atoms with E-state index in [1.807, 2.05) is 0 Å². The van der Waals surface area contributed by atoms with Crippen molar-refractivity contribution in [2.24, 2.45) is 0 Å². The summed E-state index contributed by atoms with van der Waals surface area (Å²) in [6.07, 6.45) is 1.52. The van der Waals surface area contributed by atoms with Crippen molar-refractivity contribution in [3.8, 4) is 17.2 Å². The van der Waals surface area contributed by atoms with Crippen LogP contribution in [0, 0.1) is 0 Å². The molecular formula is C21H15N5O6S. The molecule has 4 aromatic rings. The van der Waals surface area contributed by atoms with Crippen molar-refractivity contribution in [3.63, 3.8) is 0 Å². The summed E-state index contributed by atoms with van der Waals surface area (Å²) in [4.78, 5) is 28.6. The van der Waals surface area contributed by atoms with Gasteiger partial charge in [-0.3, -0.25) is 15.1 Å². The fraction of sp³-hybridized carbons (Fsp3) is 0.0952. The number of hydrogen-bond donors (Lipinski definition) is 4. The van der Waals surface area contributed by atoms with E-state index < -0.39 is 17.9 Å². The summed E-state index contributed by atoms with van der Waals surface area (Å²) in [5.74, 6) is -0.995. The van der Waals surface area contributed by atoms with Crippen molar-refractivity contribution in [1.29, 1.82) is 0 Å². The minimum atomic E-state index is -1.14. The second-order valence-electron chi connectivity index (χ2n) is 6.93. The maximum Gasteiger partial charge on any atom is 0.330 e. The molecular weight excluding hydrogens is 450 g/mol. The van der Waals surface area contributed by atoms with E-state index in [1.165, 1.54) is 12.3 Å². The monoisotopic (exact) mass is 465 g/mol. The van der Waals surface area contributed by atoms with Gasteiger partial charge in [0, 0.05) is 11.6 Å². The molecule has 11 nitrogen and oxygen atoms in total. The van der Waals surface area contributed by atoms with Crippen LogP contribution in [0.1, 0.15) is 22.0 Å². The topological polar surface area (TPSA) is 156 Å². The van der Waals surface area contributed by atoms with Gasteiger partial charge < -0.3 is 25.0 Å². The molecule has 5 rings (SSSR count). The van der Waals surface area contributed by atoms with Gasteiger partial charge >= 0.3 is 5.97 Å². The minimum Gasteiger partial charge on any atom is -0.505 e. The summed E-state index contributed by atoms with van der Waals surface area (Å²) in [6.45, 7) is 0.0756. The number of ether oxygens (including phenoxy) is 2. The van der Waals surface area contributed by atoms with Crippen LogP contribution in [0.5, 0.6) is 17.2 Å². The van der Waals surface area contributed by atoms with E-state index in [4.69, 9.17) is 9.47 Å². The van der Waals surface area contributed by atoms with Gasteiger partial charge in [-0.1, -0.05) is 29.5 Å². The summed E-state index contributed by atoms with van der Waals surface area (Å²) < 4.78 is 10.6. The fourth-order valence-corrected chi connectivity index (χ4v) is 3.98. The molecule has 166 valence electrons. The maximum atomic E-state index is 12.6. The van der Waals surface area contributed by atoms with Gasteiger partial charge in [0.15, 0.2) is 23.3 Å². The van der Waals surface area contributed by atoms with Gasteiger partial charge in [0.2, 0.25) is 17.1 Å². The quantitative estimate of drug-likeness (QED) is 0.334.